The first-order valence-corrected chi connectivity index (χ1v) is 11.4. The van der Waals surface area contributed by atoms with Crippen LogP contribution in [0.4, 0.5) is 0 Å². The minimum absolute atomic E-state index is 0.105. The fourth-order valence-electron chi connectivity index (χ4n) is 3.97. The summed E-state index contributed by atoms with van der Waals surface area (Å²) in [7, 11) is 0. The molecule has 0 atom stereocenters. The van der Waals surface area contributed by atoms with Crippen LogP contribution in [-0.2, 0) is 13.1 Å². The molecule has 0 fully saturated rings. The quantitative estimate of drug-likeness (QED) is 0.377. The molecule has 1 heterocycles. The average Bonchev–Trinajstić information content (AvgIpc) is 3.15. The maximum Gasteiger partial charge on any atom is 0.251 e. The Hall–Kier alpha value is -3.60. The Balaban J connectivity index is 1.50. The van der Waals surface area contributed by atoms with E-state index in [-0.39, 0.29) is 5.91 Å². The number of ether oxygens (including phenoxy) is 1. The van der Waals surface area contributed by atoms with Crippen LogP contribution >= 0.6 is 0 Å². The highest BCUT2D eigenvalue weighted by Gasteiger charge is 2.14. The number of carbonyl (C=O) groups excluding carboxylic acids is 1. The van der Waals surface area contributed by atoms with Gasteiger partial charge >= 0.3 is 0 Å². The van der Waals surface area contributed by atoms with Crippen LogP contribution < -0.4 is 10.1 Å². The highest BCUT2D eigenvalue weighted by atomic mass is 16.5. The van der Waals surface area contributed by atoms with Gasteiger partial charge in [0.1, 0.15) is 18.2 Å². The molecule has 4 rings (SSSR count). The highest BCUT2D eigenvalue weighted by Crippen LogP contribution is 2.27. The van der Waals surface area contributed by atoms with Crippen LogP contribution in [0.5, 0.6) is 5.75 Å². The number of aryl methyl sites for hydroxylation is 2. The van der Waals surface area contributed by atoms with Gasteiger partial charge in [0.15, 0.2) is 0 Å². The first-order chi connectivity index (χ1) is 15.9. The van der Waals surface area contributed by atoms with Crippen molar-refractivity contribution in [3.05, 3.63) is 94.8 Å². The lowest BCUT2D eigenvalue weighted by Crippen LogP contribution is -2.25. The van der Waals surface area contributed by atoms with Gasteiger partial charge in [-0.2, -0.15) is 0 Å². The molecular formula is C28H31N3O2. The van der Waals surface area contributed by atoms with Gasteiger partial charge < -0.3 is 14.6 Å². The van der Waals surface area contributed by atoms with Crippen molar-refractivity contribution in [3.8, 4) is 5.75 Å². The standard InChI is InChI=1S/C28H31N3O2/c1-19(2)23-14-11-21(4)17-26(23)33-16-15-31-25-8-6-5-7-24(25)30-27(31)18-29-28(32)22-12-9-20(3)10-13-22/h5-14,17,19H,15-16,18H2,1-4H3,(H,29,32). The number of rotatable bonds is 8. The molecule has 0 saturated heterocycles. The van der Waals surface area contributed by atoms with Crippen molar-refractivity contribution in [2.75, 3.05) is 6.61 Å². The van der Waals surface area contributed by atoms with Gasteiger partial charge in [-0.05, 0) is 61.2 Å². The number of hydrogen-bond donors (Lipinski definition) is 1. The molecule has 4 aromatic rings. The van der Waals surface area contributed by atoms with Crippen LogP contribution in [0.2, 0.25) is 0 Å². The first-order valence-electron chi connectivity index (χ1n) is 11.4. The molecule has 33 heavy (non-hydrogen) atoms. The molecule has 1 amide bonds. The maximum absolute atomic E-state index is 12.6. The van der Waals surface area contributed by atoms with Gasteiger partial charge in [-0.15, -0.1) is 0 Å². The van der Waals surface area contributed by atoms with Gasteiger partial charge in [0, 0.05) is 5.56 Å². The second-order valence-corrected chi connectivity index (χ2v) is 8.76. The SMILES string of the molecule is Cc1ccc(C(=O)NCc2nc3ccccc3n2CCOc2cc(C)ccc2C(C)C)cc1. The Labute approximate surface area is 195 Å². The molecule has 0 bridgehead atoms. The highest BCUT2D eigenvalue weighted by molar-refractivity contribution is 5.94. The van der Waals surface area contributed by atoms with Crippen molar-refractivity contribution < 1.29 is 9.53 Å². The van der Waals surface area contributed by atoms with Gasteiger partial charge in [0.2, 0.25) is 0 Å². The van der Waals surface area contributed by atoms with E-state index >= 15 is 0 Å². The van der Waals surface area contributed by atoms with E-state index in [9.17, 15) is 4.79 Å². The average molecular weight is 442 g/mol. The number of carbonyl (C=O) groups is 1. The molecule has 5 nitrogen and oxygen atoms in total. The third-order valence-electron chi connectivity index (χ3n) is 5.82. The van der Waals surface area contributed by atoms with Crippen LogP contribution in [0.15, 0.2) is 66.7 Å². The molecule has 0 spiro atoms. The van der Waals surface area contributed by atoms with Gasteiger partial charge in [-0.3, -0.25) is 4.79 Å². The Morgan fingerprint density at radius 2 is 1.73 bits per heavy atom. The molecule has 0 aliphatic heterocycles. The Morgan fingerprint density at radius 3 is 2.48 bits per heavy atom. The fraction of sp³-hybridized carbons (Fsp3) is 0.286. The third-order valence-corrected chi connectivity index (χ3v) is 5.82. The van der Waals surface area contributed by atoms with Crippen LogP contribution in [0.1, 0.15) is 52.6 Å². The summed E-state index contributed by atoms with van der Waals surface area (Å²) < 4.78 is 8.36. The largest absolute Gasteiger partial charge is 0.491 e. The van der Waals surface area contributed by atoms with Gasteiger partial charge in [0.25, 0.3) is 5.91 Å². The number of benzene rings is 3. The lowest BCUT2D eigenvalue weighted by atomic mass is 10.0. The number of aromatic nitrogens is 2. The Bertz CT molecular complexity index is 1260. The molecule has 0 aliphatic rings. The number of nitrogens with one attached hydrogen (secondary N) is 1. The predicted molar refractivity (Wildman–Crippen MR) is 133 cm³/mol. The van der Waals surface area contributed by atoms with E-state index in [2.05, 4.69) is 54.9 Å². The number of fused-ring (bicyclic) bond motifs is 1. The smallest absolute Gasteiger partial charge is 0.251 e. The first kappa shape index (κ1) is 22.6. The van der Waals surface area contributed by atoms with E-state index in [4.69, 9.17) is 9.72 Å². The van der Waals surface area contributed by atoms with E-state index in [0.717, 1.165) is 28.2 Å². The van der Waals surface area contributed by atoms with Crippen LogP contribution in [0, 0.1) is 13.8 Å². The van der Waals surface area contributed by atoms with Gasteiger partial charge in [0.05, 0.1) is 24.1 Å². The summed E-state index contributed by atoms with van der Waals surface area (Å²) in [6.45, 7) is 9.95. The second-order valence-electron chi connectivity index (χ2n) is 8.76. The van der Waals surface area contributed by atoms with Crippen molar-refractivity contribution in [1.82, 2.24) is 14.9 Å². The summed E-state index contributed by atoms with van der Waals surface area (Å²) in [6.07, 6.45) is 0. The van der Waals surface area contributed by atoms with Gasteiger partial charge in [-0.25, -0.2) is 4.98 Å². The second kappa shape index (κ2) is 9.90. The fourth-order valence-corrected chi connectivity index (χ4v) is 3.97. The van der Waals surface area contributed by atoms with Crippen LogP contribution in [0.3, 0.4) is 0 Å². The summed E-state index contributed by atoms with van der Waals surface area (Å²) in [5.41, 5.74) is 6.11. The third kappa shape index (κ3) is 5.25. The minimum Gasteiger partial charge on any atom is -0.491 e. The molecule has 0 aliphatic carbocycles. The van der Waals surface area contributed by atoms with E-state index in [1.54, 1.807) is 0 Å². The normalized spacial score (nSPS) is 11.2. The Morgan fingerprint density at radius 1 is 1.00 bits per heavy atom. The molecule has 1 aromatic heterocycles. The number of hydrogen-bond acceptors (Lipinski definition) is 3. The van der Waals surface area contributed by atoms with Crippen molar-refractivity contribution in [2.45, 2.75) is 46.7 Å². The lowest BCUT2D eigenvalue weighted by molar-refractivity contribution is 0.0949. The van der Waals surface area contributed by atoms with E-state index < -0.39 is 0 Å². The molecule has 1 N–H and O–H groups in total. The molecule has 3 aromatic carbocycles. The van der Waals surface area contributed by atoms with Crippen molar-refractivity contribution in [1.29, 1.82) is 0 Å². The van der Waals surface area contributed by atoms with E-state index in [1.807, 2.05) is 49.4 Å². The van der Waals surface area contributed by atoms with Crippen molar-refractivity contribution >= 4 is 16.9 Å². The number of imidazole rings is 1. The monoisotopic (exact) mass is 441 g/mol. The van der Waals surface area contributed by atoms with E-state index in [0.29, 0.717) is 31.2 Å². The van der Waals surface area contributed by atoms with E-state index in [1.165, 1.54) is 11.1 Å². The summed E-state index contributed by atoms with van der Waals surface area (Å²) in [5, 5.41) is 3.01. The number of amides is 1. The molecule has 5 heteroatoms. The summed E-state index contributed by atoms with van der Waals surface area (Å²) in [4.78, 5) is 17.4. The van der Waals surface area contributed by atoms with Crippen LogP contribution in [-0.4, -0.2) is 22.1 Å². The zero-order chi connectivity index (χ0) is 23.4. The van der Waals surface area contributed by atoms with Crippen molar-refractivity contribution in [3.63, 3.8) is 0 Å². The summed E-state index contributed by atoms with van der Waals surface area (Å²) >= 11 is 0. The van der Waals surface area contributed by atoms with Gasteiger partial charge in [-0.1, -0.05) is 55.8 Å². The minimum atomic E-state index is -0.105. The van der Waals surface area contributed by atoms with Crippen LogP contribution in [0.25, 0.3) is 11.0 Å². The zero-order valence-corrected chi connectivity index (χ0v) is 19.8. The molecule has 0 unspecified atom stereocenters. The molecule has 0 radical (unpaired) electrons. The Kier molecular flexibility index (Phi) is 6.78. The summed E-state index contributed by atoms with van der Waals surface area (Å²) in [6, 6.07) is 22.0. The molecule has 0 saturated carbocycles. The zero-order valence-electron chi connectivity index (χ0n) is 19.8. The molecular weight excluding hydrogens is 410 g/mol. The lowest BCUT2D eigenvalue weighted by Gasteiger charge is -2.16. The summed E-state index contributed by atoms with van der Waals surface area (Å²) in [5.74, 6) is 2.03. The topological polar surface area (TPSA) is 56.2 Å². The predicted octanol–water partition coefficient (Wildman–Crippen LogP) is 5.79. The maximum atomic E-state index is 12.6. The van der Waals surface area contributed by atoms with Crippen molar-refractivity contribution in [2.24, 2.45) is 0 Å². The molecule has 170 valence electrons. The number of para-hydroxylation sites is 2. The number of nitrogens with zero attached hydrogens (tertiary/aromatic N) is 2.